The highest BCUT2D eigenvalue weighted by Crippen LogP contribution is 2.34. The van der Waals surface area contributed by atoms with Crippen LogP contribution in [0.2, 0.25) is 0 Å². The lowest BCUT2D eigenvalue weighted by molar-refractivity contribution is 0.181. The molecule has 0 fully saturated rings. The fraction of sp³-hybridized carbons (Fsp3) is 0.261. The quantitative estimate of drug-likeness (QED) is 0.636. The van der Waals surface area contributed by atoms with Gasteiger partial charge in [-0.2, -0.15) is 0 Å². The first-order chi connectivity index (χ1) is 13.1. The summed E-state index contributed by atoms with van der Waals surface area (Å²) < 4.78 is 2.22. The van der Waals surface area contributed by atoms with E-state index in [2.05, 4.69) is 59.4 Å². The SMILES string of the molecule is CC[C@H]1c2cccn2-c2ccccc2CN1C(=O)Nc1cc(C)ccc1C. The first kappa shape index (κ1) is 17.4. The number of nitrogens with zero attached hydrogens (tertiary/aromatic N) is 2. The molecule has 0 saturated carbocycles. The molecule has 1 N–H and O–H groups in total. The second-order valence-electron chi connectivity index (χ2n) is 7.23. The molecule has 0 spiro atoms. The summed E-state index contributed by atoms with van der Waals surface area (Å²) in [5, 5.41) is 3.14. The van der Waals surface area contributed by atoms with Crippen LogP contribution >= 0.6 is 0 Å². The molecule has 0 aliphatic carbocycles. The van der Waals surface area contributed by atoms with Crippen molar-refractivity contribution >= 4 is 11.7 Å². The average Bonchev–Trinajstić information content (AvgIpc) is 3.09. The summed E-state index contributed by atoms with van der Waals surface area (Å²) in [6, 6.07) is 18.6. The van der Waals surface area contributed by atoms with Crippen molar-refractivity contribution in [2.45, 2.75) is 39.8 Å². The number of fused-ring (bicyclic) bond motifs is 3. The fourth-order valence-corrected chi connectivity index (χ4v) is 3.92. The molecule has 2 aromatic carbocycles. The minimum absolute atomic E-state index is 0.0255. The normalized spacial score (nSPS) is 15.7. The first-order valence-corrected chi connectivity index (χ1v) is 9.49. The molecule has 4 heteroatoms. The molecule has 1 aromatic heterocycles. The van der Waals surface area contributed by atoms with Crippen molar-refractivity contribution in [1.29, 1.82) is 0 Å². The number of aryl methyl sites for hydroxylation is 2. The van der Waals surface area contributed by atoms with Crippen molar-refractivity contribution in [1.82, 2.24) is 9.47 Å². The molecule has 3 aromatic rings. The number of anilines is 1. The molecule has 1 aliphatic heterocycles. The van der Waals surface area contributed by atoms with E-state index in [0.29, 0.717) is 6.54 Å². The van der Waals surface area contributed by atoms with Gasteiger partial charge in [-0.15, -0.1) is 0 Å². The molecule has 2 heterocycles. The number of hydrogen-bond acceptors (Lipinski definition) is 1. The van der Waals surface area contributed by atoms with Gasteiger partial charge in [0.2, 0.25) is 0 Å². The van der Waals surface area contributed by atoms with Gasteiger partial charge in [-0.05, 0) is 61.2 Å². The number of aromatic nitrogens is 1. The van der Waals surface area contributed by atoms with Gasteiger partial charge in [0.15, 0.2) is 0 Å². The van der Waals surface area contributed by atoms with Crippen LogP contribution in [0.25, 0.3) is 5.69 Å². The van der Waals surface area contributed by atoms with E-state index in [0.717, 1.165) is 40.2 Å². The number of para-hydroxylation sites is 1. The Morgan fingerprint density at radius 2 is 1.93 bits per heavy atom. The number of urea groups is 1. The van der Waals surface area contributed by atoms with Gasteiger partial charge in [-0.1, -0.05) is 37.3 Å². The molecule has 0 bridgehead atoms. The highest BCUT2D eigenvalue weighted by Gasteiger charge is 2.30. The van der Waals surface area contributed by atoms with Crippen LogP contribution in [-0.2, 0) is 6.54 Å². The summed E-state index contributed by atoms with van der Waals surface area (Å²) in [5.41, 5.74) is 6.54. The standard InChI is InChI=1S/C23H25N3O/c1-4-20-22-10-7-13-25(22)21-9-6-5-8-18(21)15-26(20)23(27)24-19-14-16(2)11-12-17(19)3/h5-14,20H,4,15H2,1-3H3,(H,24,27)/t20-/m0/s1. The Balaban J connectivity index is 1.74. The number of carbonyl (C=O) groups is 1. The van der Waals surface area contributed by atoms with Gasteiger partial charge in [-0.25, -0.2) is 4.79 Å². The monoisotopic (exact) mass is 359 g/mol. The Morgan fingerprint density at radius 1 is 1.11 bits per heavy atom. The molecule has 0 saturated heterocycles. The van der Waals surface area contributed by atoms with E-state index in [4.69, 9.17) is 0 Å². The average molecular weight is 359 g/mol. The zero-order chi connectivity index (χ0) is 19.0. The third kappa shape index (κ3) is 3.12. The van der Waals surface area contributed by atoms with Crippen LogP contribution in [0.1, 0.15) is 41.8 Å². The van der Waals surface area contributed by atoms with E-state index < -0.39 is 0 Å². The number of hydrogen-bond donors (Lipinski definition) is 1. The smallest absolute Gasteiger partial charge is 0.318 e. The first-order valence-electron chi connectivity index (χ1n) is 9.49. The van der Waals surface area contributed by atoms with Crippen LogP contribution < -0.4 is 5.32 Å². The van der Waals surface area contributed by atoms with E-state index in [1.54, 1.807) is 0 Å². The summed E-state index contributed by atoms with van der Waals surface area (Å²) in [7, 11) is 0. The van der Waals surface area contributed by atoms with Gasteiger partial charge in [-0.3, -0.25) is 0 Å². The predicted molar refractivity (Wildman–Crippen MR) is 109 cm³/mol. The number of rotatable bonds is 2. The van der Waals surface area contributed by atoms with E-state index in [1.807, 2.05) is 36.9 Å². The van der Waals surface area contributed by atoms with Crippen molar-refractivity contribution < 1.29 is 4.79 Å². The molecule has 4 rings (SSSR count). The van der Waals surface area contributed by atoms with Crippen LogP contribution in [0, 0.1) is 13.8 Å². The van der Waals surface area contributed by atoms with Gasteiger partial charge in [0.05, 0.1) is 18.3 Å². The van der Waals surface area contributed by atoms with E-state index >= 15 is 0 Å². The highest BCUT2D eigenvalue weighted by molar-refractivity contribution is 5.90. The molecule has 2 amide bonds. The predicted octanol–water partition coefficient (Wildman–Crippen LogP) is 5.59. The fourth-order valence-electron chi connectivity index (χ4n) is 3.92. The Bertz CT molecular complexity index is 989. The van der Waals surface area contributed by atoms with Gasteiger partial charge >= 0.3 is 6.03 Å². The van der Waals surface area contributed by atoms with Crippen LogP contribution in [0.5, 0.6) is 0 Å². The zero-order valence-corrected chi connectivity index (χ0v) is 16.1. The summed E-state index contributed by atoms with van der Waals surface area (Å²) in [4.78, 5) is 15.3. The maximum atomic E-state index is 13.3. The number of amides is 2. The largest absolute Gasteiger partial charge is 0.322 e. The second-order valence-corrected chi connectivity index (χ2v) is 7.23. The van der Waals surface area contributed by atoms with E-state index in [9.17, 15) is 4.79 Å². The zero-order valence-electron chi connectivity index (χ0n) is 16.1. The van der Waals surface area contributed by atoms with Gasteiger partial charge in [0.25, 0.3) is 0 Å². The van der Waals surface area contributed by atoms with Crippen LogP contribution in [0.4, 0.5) is 10.5 Å². The van der Waals surface area contributed by atoms with Gasteiger partial charge in [0, 0.05) is 17.6 Å². The molecule has 1 aliphatic rings. The van der Waals surface area contributed by atoms with Crippen molar-refractivity contribution in [3.63, 3.8) is 0 Å². The third-order valence-corrected chi connectivity index (χ3v) is 5.37. The van der Waals surface area contributed by atoms with Crippen LogP contribution in [-0.4, -0.2) is 15.5 Å². The van der Waals surface area contributed by atoms with Crippen molar-refractivity contribution in [2.24, 2.45) is 0 Å². The summed E-state index contributed by atoms with van der Waals surface area (Å²) in [5.74, 6) is 0. The van der Waals surface area contributed by atoms with Crippen LogP contribution in [0.15, 0.2) is 60.8 Å². The van der Waals surface area contributed by atoms with Crippen molar-refractivity contribution in [3.8, 4) is 5.69 Å². The Labute approximate surface area is 160 Å². The lowest BCUT2D eigenvalue weighted by Crippen LogP contribution is -2.37. The third-order valence-electron chi connectivity index (χ3n) is 5.37. The molecule has 27 heavy (non-hydrogen) atoms. The molecule has 4 nitrogen and oxygen atoms in total. The van der Waals surface area contributed by atoms with Gasteiger partial charge in [0.1, 0.15) is 0 Å². The lowest BCUT2D eigenvalue weighted by atomic mass is 10.1. The summed E-state index contributed by atoms with van der Waals surface area (Å²) in [6.07, 6.45) is 2.95. The number of benzene rings is 2. The van der Waals surface area contributed by atoms with Gasteiger partial charge < -0.3 is 14.8 Å². The highest BCUT2D eigenvalue weighted by atomic mass is 16.2. The molecule has 0 unspecified atom stereocenters. The molecule has 1 atom stereocenters. The number of carbonyl (C=O) groups excluding carboxylic acids is 1. The summed E-state index contributed by atoms with van der Waals surface area (Å²) in [6.45, 7) is 6.79. The van der Waals surface area contributed by atoms with Crippen LogP contribution in [0.3, 0.4) is 0 Å². The Hall–Kier alpha value is -3.01. The Morgan fingerprint density at radius 3 is 2.74 bits per heavy atom. The van der Waals surface area contributed by atoms with Crippen molar-refractivity contribution in [2.75, 3.05) is 5.32 Å². The van der Waals surface area contributed by atoms with Crippen molar-refractivity contribution in [3.05, 3.63) is 83.2 Å². The maximum absolute atomic E-state index is 13.3. The molecule has 0 radical (unpaired) electrons. The minimum atomic E-state index is -0.0556. The molecular formula is C23H25N3O. The second kappa shape index (κ2) is 6.95. The van der Waals surface area contributed by atoms with E-state index in [1.165, 1.54) is 0 Å². The Kier molecular flexibility index (Phi) is 4.48. The summed E-state index contributed by atoms with van der Waals surface area (Å²) >= 11 is 0. The molecular weight excluding hydrogens is 334 g/mol. The minimum Gasteiger partial charge on any atom is -0.318 e. The topological polar surface area (TPSA) is 37.3 Å². The number of nitrogens with one attached hydrogen (secondary N) is 1. The molecule has 138 valence electrons. The maximum Gasteiger partial charge on any atom is 0.322 e. The lowest BCUT2D eigenvalue weighted by Gasteiger charge is -2.30. The van der Waals surface area contributed by atoms with E-state index in [-0.39, 0.29) is 12.1 Å².